The number of methoxy groups -OCH3 is 1. The van der Waals surface area contributed by atoms with Gasteiger partial charge in [0.1, 0.15) is 11.6 Å². The number of hydrogen-bond acceptors (Lipinski definition) is 5. The van der Waals surface area contributed by atoms with E-state index in [1.807, 2.05) is 24.1 Å². The van der Waals surface area contributed by atoms with Gasteiger partial charge in [-0.25, -0.2) is 4.39 Å². The van der Waals surface area contributed by atoms with Crippen molar-refractivity contribution in [1.82, 2.24) is 14.8 Å². The largest absolute Gasteiger partial charge is 0.497 e. The molecule has 0 saturated carbocycles. The maximum Gasteiger partial charge on any atom is 0.256 e. The van der Waals surface area contributed by atoms with Crippen LogP contribution in [0, 0.1) is 5.82 Å². The van der Waals surface area contributed by atoms with Crippen molar-refractivity contribution >= 4 is 5.91 Å². The van der Waals surface area contributed by atoms with Crippen LogP contribution in [0.25, 0.3) is 0 Å². The maximum absolute atomic E-state index is 14.2. The number of pyridine rings is 1. The Morgan fingerprint density at radius 2 is 2.21 bits per heavy atom. The van der Waals surface area contributed by atoms with Crippen molar-refractivity contribution in [3.63, 3.8) is 0 Å². The molecule has 1 atom stereocenters. The molecule has 1 aromatic heterocycles. The molecule has 1 aliphatic heterocycles. The van der Waals surface area contributed by atoms with Crippen LogP contribution in [-0.2, 0) is 17.9 Å². The number of nitrogens with zero attached hydrogens (tertiary/aromatic N) is 3. The molecule has 0 radical (unpaired) electrons. The van der Waals surface area contributed by atoms with E-state index in [4.69, 9.17) is 4.74 Å². The Morgan fingerprint density at radius 1 is 1.39 bits per heavy atom. The Bertz CT molecular complexity index is 818. The van der Waals surface area contributed by atoms with E-state index < -0.39 is 11.4 Å². The van der Waals surface area contributed by atoms with Gasteiger partial charge in [0.05, 0.1) is 7.11 Å². The molecule has 28 heavy (non-hydrogen) atoms. The molecule has 0 aliphatic carbocycles. The molecule has 1 fully saturated rings. The lowest BCUT2D eigenvalue weighted by Gasteiger charge is -2.40. The first kappa shape index (κ1) is 20.2. The van der Waals surface area contributed by atoms with E-state index in [0.717, 1.165) is 5.56 Å². The Hall–Kier alpha value is -2.51. The summed E-state index contributed by atoms with van der Waals surface area (Å²) >= 11 is 0. The lowest BCUT2D eigenvalue weighted by atomic mass is 9.90. The summed E-state index contributed by atoms with van der Waals surface area (Å²) in [6, 6.07) is 8.27. The van der Waals surface area contributed by atoms with Crippen LogP contribution in [0.15, 0.2) is 42.7 Å². The molecular weight excluding hydrogens is 361 g/mol. The van der Waals surface area contributed by atoms with Gasteiger partial charge >= 0.3 is 0 Å². The highest BCUT2D eigenvalue weighted by molar-refractivity contribution is 5.86. The van der Waals surface area contributed by atoms with Gasteiger partial charge in [0.25, 0.3) is 5.91 Å². The number of carbonyl (C=O) groups is 1. The molecule has 0 bridgehead atoms. The summed E-state index contributed by atoms with van der Waals surface area (Å²) in [4.78, 5) is 20.5. The number of likely N-dealkylation sites (tertiary alicyclic amines) is 1. The van der Waals surface area contributed by atoms with E-state index in [1.54, 1.807) is 24.5 Å². The summed E-state index contributed by atoms with van der Waals surface area (Å²) in [7, 11) is 3.37. The number of benzene rings is 1. The van der Waals surface area contributed by atoms with E-state index >= 15 is 0 Å². The normalized spacial score (nSPS) is 19.9. The predicted molar refractivity (Wildman–Crippen MR) is 103 cm³/mol. The minimum atomic E-state index is -1.48. The fourth-order valence-corrected chi connectivity index (χ4v) is 3.67. The second kappa shape index (κ2) is 8.67. The van der Waals surface area contributed by atoms with E-state index in [0.29, 0.717) is 37.2 Å². The summed E-state index contributed by atoms with van der Waals surface area (Å²) in [5.74, 6) is -0.220. The molecule has 2 aromatic rings. The van der Waals surface area contributed by atoms with Gasteiger partial charge in [0.15, 0.2) is 5.60 Å². The Morgan fingerprint density at radius 3 is 2.93 bits per heavy atom. The molecule has 3 rings (SSSR count). The lowest BCUT2D eigenvalue weighted by Crippen LogP contribution is -2.57. The maximum atomic E-state index is 14.2. The van der Waals surface area contributed by atoms with Gasteiger partial charge in [0, 0.05) is 44.1 Å². The van der Waals surface area contributed by atoms with Crippen molar-refractivity contribution in [3.8, 4) is 5.75 Å². The van der Waals surface area contributed by atoms with Gasteiger partial charge in [-0.15, -0.1) is 0 Å². The predicted octanol–water partition coefficient (Wildman–Crippen LogP) is 2.21. The van der Waals surface area contributed by atoms with Crippen molar-refractivity contribution in [1.29, 1.82) is 0 Å². The van der Waals surface area contributed by atoms with Crippen molar-refractivity contribution in [2.75, 3.05) is 27.2 Å². The van der Waals surface area contributed by atoms with Crippen molar-refractivity contribution in [2.24, 2.45) is 0 Å². The molecule has 0 unspecified atom stereocenters. The second-order valence-electron chi connectivity index (χ2n) is 7.35. The van der Waals surface area contributed by atoms with Crippen LogP contribution in [0.1, 0.15) is 24.0 Å². The van der Waals surface area contributed by atoms with Crippen molar-refractivity contribution < 1.29 is 19.0 Å². The first-order chi connectivity index (χ1) is 13.4. The van der Waals surface area contributed by atoms with Crippen molar-refractivity contribution in [3.05, 3.63) is 59.7 Å². The number of ether oxygens (including phenoxy) is 1. The van der Waals surface area contributed by atoms with E-state index in [2.05, 4.69) is 4.98 Å². The van der Waals surface area contributed by atoms with E-state index in [-0.39, 0.29) is 19.0 Å². The zero-order chi connectivity index (χ0) is 20.1. The molecule has 1 aromatic carbocycles. The SMILES string of the molecule is COc1ccc(F)c(CN2CCC[C@](O)(CN(C)Cc3cccnc3)C2=O)c1. The smallest absolute Gasteiger partial charge is 0.256 e. The summed E-state index contributed by atoms with van der Waals surface area (Å²) in [6.07, 6.45) is 4.52. The van der Waals surface area contributed by atoms with Crippen LogP contribution < -0.4 is 4.74 Å². The van der Waals surface area contributed by atoms with Crippen LogP contribution in [-0.4, -0.2) is 58.6 Å². The topological polar surface area (TPSA) is 65.9 Å². The number of rotatable bonds is 7. The summed E-state index contributed by atoms with van der Waals surface area (Å²) in [5.41, 5.74) is -0.0993. The van der Waals surface area contributed by atoms with Crippen LogP contribution in [0.4, 0.5) is 4.39 Å². The summed E-state index contributed by atoms with van der Waals surface area (Å²) < 4.78 is 19.3. The fraction of sp³-hybridized carbons (Fsp3) is 0.429. The number of piperidine rings is 1. The number of amides is 1. The molecule has 6 nitrogen and oxygen atoms in total. The first-order valence-electron chi connectivity index (χ1n) is 9.33. The number of aliphatic hydroxyl groups is 1. The lowest BCUT2D eigenvalue weighted by molar-refractivity contribution is -0.160. The molecule has 2 heterocycles. The van der Waals surface area contributed by atoms with Crippen LogP contribution in [0.2, 0.25) is 0 Å². The van der Waals surface area contributed by atoms with Gasteiger partial charge in [-0.3, -0.25) is 14.7 Å². The van der Waals surface area contributed by atoms with Gasteiger partial charge in [-0.1, -0.05) is 6.07 Å². The highest BCUT2D eigenvalue weighted by atomic mass is 19.1. The monoisotopic (exact) mass is 387 g/mol. The van der Waals surface area contributed by atoms with E-state index in [9.17, 15) is 14.3 Å². The number of aromatic nitrogens is 1. The van der Waals surface area contributed by atoms with Crippen LogP contribution >= 0.6 is 0 Å². The highest BCUT2D eigenvalue weighted by Crippen LogP contribution is 2.27. The Kier molecular flexibility index (Phi) is 6.26. The molecule has 7 heteroatoms. The number of carbonyl (C=O) groups excluding carboxylic acids is 1. The van der Waals surface area contributed by atoms with Gasteiger partial charge < -0.3 is 14.7 Å². The molecule has 1 aliphatic rings. The zero-order valence-electron chi connectivity index (χ0n) is 16.3. The molecular formula is C21H26FN3O3. The quantitative estimate of drug-likeness (QED) is 0.789. The third-order valence-electron chi connectivity index (χ3n) is 5.02. The van der Waals surface area contributed by atoms with Gasteiger partial charge in [-0.2, -0.15) is 0 Å². The molecule has 1 saturated heterocycles. The third-order valence-corrected chi connectivity index (χ3v) is 5.02. The molecule has 0 spiro atoms. The highest BCUT2D eigenvalue weighted by Gasteiger charge is 2.43. The Balaban J connectivity index is 1.68. The van der Waals surface area contributed by atoms with Crippen LogP contribution in [0.5, 0.6) is 5.75 Å². The second-order valence-corrected chi connectivity index (χ2v) is 7.35. The van der Waals surface area contributed by atoms with Gasteiger partial charge in [-0.05, 0) is 49.7 Å². The standard InChI is InChI=1S/C21H26FN3O3/c1-24(13-16-5-3-9-23-12-16)15-21(27)8-4-10-25(20(21)26)14-17-11-18(28-2)6-7-19(17)22/h3,5-7,9,11-12,27H,4,8,10,13-15H2,1-2H3/t21-/m0/s1. The zero-order valence-corrected chi connectivity index (χ0v) is 16.3. The number of likely N-dealkylation sites (N-methyl/N-ethyl adjacent to an activating group) is 1. The molecule has 150 valence electrons. The Labute approximate surface area is 164 Å². The number of halogens is 1. The average Bonchev–Trinajstić information content (AvgIpc) is 2.68. The van der Waals surface area contributed by atoms with Crippen LogP contribution in [0.3, 0.4) is 0 Å². The summed E-state index contributed by atoms with van der Waals surface area (Å²) in [6.45, 7) is 1.38. The van der Waals surface area contributed by atoms with Crippen molar-refractivity contribution in [2.45, 2.75) is 31.5 Å². The van der Waals surface area contributed by atoms with Gasteiger partial charge in [0.2, 0.25) is 0 Å². The molecule has 1 amide bonds. The minimum absolute atomic E-state index is 0.108. The number of hydrogen-bond donors (Lipinski definition) is 1. The third kappa shape index (κ3) is 4.66. The fourth-order valence-electron chi connectivity index (χ4n) is 3.67. The molecule has 1 N–H and O–H groups in total. The summed E-state index contributed by atoms with van der Waals surface area (Å²) in [5, 5.41) is 11.0. The first-order valence-corrected chi connectivity index (χ1v) is 9.33. The van der Waals surface area contributed by atoms with E-state index in [1.165, 1.54) is 18.1 Å². The minimum Gasteiger partial charge on any atom is -0.497 e. The average molecular weight is 387 g/mol.